The van der Waals surface area contributed by atoms with Crippen molar-refractivity contribution in [3.8, 4) is 16.9 Å². The summed E-state index contributed by atoms with van der Waals surface area (Å²) in [5.41, 5.74) is 6.60. The van der Waals surface area contributed by atoms with Gasteiger partial charge in [-0.15, -0.1) is 0 Å². The Morgan fingerprint density at radius 3 is 2.32 bits per heavy atom. The number of nitrogens with one attached hydrogen (secondary N) is 1. The van der Waals surface area contributed by atoms with Crippen molar-refractivity contribution in [2.75, 3.05) is 13.2 Å². The molecule has 0 bridgehead atoms. The minimum Gasteiger partial charge on any atom is -0.492 e. The molecule has 22 heavy (non-hydrogen) atoms. The average molecular weight is 295 g/mol. The highest BCUT2D eigenvalue weighted by Crippen LogP contribution is 2.29. The van der Waals surface area contributed by atoms with Crippen LogP contribution in [-0.2, 0) is 0 Å². The number of benzene rings is 2. The molecule has 1 N–H and O–H groups in total. The van der Waals surface area contributed by atoms with Crippen LogP contribution >= 0.6 is 0 Å². The summed E-state index contributed by atoms with van der Waals surface area (Å²) in [5.74, 6) is 0.958. The van der Waals surface area contributed by atoms with Gasteiger partial charge < -0.3 is 10.1 Å². The molecule has 2 heteroatoms. The molecule has 2 aromatic carbocycles. The molecule has 1 fully saturated rings. The summed E-state index contributed by atoms with van der Waals surface area (Å²) in [6.07, 6.45) is 2.48. The van der Waals surface area contributed by atoms with Gasteiger partial charge in [-0.1, -0.05) is 29.8 Å². The molecule has 0 unspecified atom stereocenters. The first-order valence-electron chi connectivity index (χ1n) is 8.18. The number of hydrogen-bond acceptors (Lipinski definition) is 2. The molecule has 3 rings (SSSR count). The van der Waals surface area contributed by atoms with Crippen LogP contribution < -0.4 is 10.1 Å². The van der Waals surface area contributed by atoms with Crippen LogP contribution in [0.2, 0.25) is 0 Å². The molecular weight excluding hydrogens is 270 g/mol. The molecule has 1 aliphatic heterocycles. The molecule has 0 saturated carbocycles. The van der Waals surface area contributed by atoms with Gasteiger partial charge in [-0.25, -0.2) is 0 Å². The Balaban J connectivity index is 1.74. The Kier molecular flexibility index (Phi) is 4.49. The van der Waals surface area contributed by atoms with Crippen LogP contribution in [0.25, 0.3) is 11.1 Å². The highest BCUT2D eigenvalue weighted by Gasteiger charge is 2.14. The first-order chi connectivity index (χ1) is 10.6. The average Bonchev–Trinajstić information content (AvgIpc) is 2.98. The van der Waals surface area contributed by atoms with Crippen LogP contribution in [-0.4, -0.2) is 19.2 Å². The van der Waals surface area contributed by atoms with Gasteiger partial charge in [0.1, 0.15) is 12.4 Å². The molecule has 0 radical (unpaired) electrons. The second-order valence-electron chi connectivity index (χ2n) is 6.40. The van der Waals surface area contributed by atoms with Crippen molar-refractivity contribution in [2.24, 2.45) is 0 Å². The molecule has 0 aliphatic carbocycles. The van der Waals surface area contributed by atoms with E-state index in [-0.39, 0.29) is 0 Å². The van der Waals surface area contributed by atoms with Crippen LogP contribution in [0.15, 0.2) is 36.4 Å². The fourth-order valence-electron chi connectivity index (χ4n) is 3.45. The summed E-state index contributed by atoms with van der Waals surface area (Å²) in [6, 6.07) is 13.5. The zero-order valence-corrected chi connectivity index (χ0v) is 13.8. The van der Waals surface area contributed by atoms with Crippen molar-refractivity contribution in [3.63, 3.8) is 0 Å². The highest BCUT2D eigenvalue weighted by atomic mass is 16.5. The predicted molar refractivity (Wildman–Crippen MR) is 92.6 cm³/mol. The predicted octanol–water partition coefficient (Wildman–Crippen LogP) is 4.41. The maximum absolute atomic E-state index is 5.90. The van der Waals surface area contributed by atoms with E-state index in [4.69, 9.17) is 4.74 Å². The van der Waals surface area contributed by atoms with Gasteiger partial charge in [0.25, 0.3) is 0 Å². The van der Waals surface area contributed by atoms with Crippen molar-refractivity contribution in [1.82, 2.24) is 5.32 Å². The second-order valence-corrected chi connectivity index (χ2v) is 6.40. The zero-order chi connectivity index (χ0) is 15.5. The zero-order valence-electron chi connectivity index (χ0n) is 13.8. The highest BCUT2D eigenvalue weighted by molar-refractivity contribution is 5.71. The van der Waals surface area contributed by atoms with E-state index in [1.165, 1.54) is 40.7 Å². The van der Waals surface area contributed by atoms with Gasteiger partial charge in [-0.3, -0.25) is 0 Å². The van der Waals surface area contributed by atoms with E-state index in [2.05, 4.69) is 62.5 Å². The van der Waals surface area contributed by atoms with Crippen LogP contribution in [0.1, 0.15) is 29.5 Å². The van der Waals surface area contributed by atoms with Crippen LogP contribution in [0.5, 0.6) is 5.75 Å². The van der Waals surface area contributed by atoms with Crippen molar-refractivity contribution in [2.45, 2.75) is 39.7 Å². The van der Waals surface area contributed by atoms with Gasteiger partial charge in [-0.2, -0.15) is 0 Å². The van der Waals surface area contributed by atoms with Crippen molar-refractivity contribution in [1.29, 1.82) is 0 Å². The van der Waals surface area contributed by atoms with Crippen molar-refractivity contribution in [3.05, 3.63) is 53.1 Å². The van der Waals surface area contributed by atoms with Gasteiger partial charge in [0.05, 0.1) is 0 Å². The quantitative estimate of drug-likeness (QED) is 0.902. The summed E-state index contributed by atoms with van der Waals surface area (Å²) < 4.78 is 5.90. The van der Waals surface area contributed by atoms with E-state index in [0.717, 1.165) is 18.9 Å². The Morgan fingerprint density at radius 2 is 1.73 bits per heavy atom. The lowest BCUT2D eigenvalue weighted by Crippen LogP contribution is -2.28. The molecule has 1 atom stereocenters. The van der Waals surface area contributed by atoms with Gasteiger partial charge >= 0.3 is 0 Å². The molecule has 1 saturated heterocycles. The number of ether oxygens (including phenoxy) is 1. The van der Waals surface area contributed by atoms with Gasteiger partial charge in [0.15, 0.2) is 0 Å². The molecule has 116 valence electrons. The summed E-state index contributed by atoms with van der Waals surface area (Å²) in [6.45, 7) is 8.41. The second kappa shape index (κ2) is 6.53. The topological polar surface area (TPSA) is 21.3 Å². The Labute approximate surface area is 133 Å². The number of aryl methyl sites for hydroxylation is 3. The first-order valence-corrected chi connectivity index (χ1v) is 8.18. The largest absolute Gasteiger partial charge is 0.492 e. The lowest BCUT2D eigenvalue weighted by Gasteiger charge is -2.14. The van der Waals surface area contributed by atoms with E-state index < -0.39 is 0 Å². The van der Waals surface area contributed by atoms with Crippen LogP contribution in [0.4, 0.5) is 0 Å². The van der Waals surface area contributed by atoms with Crippen LogP contribution in [0, 0.1) is 20.8 Å². The SMILES string of the molecule is Cc1cc(C)c(-c2ccc(OC[C@@H]3CCCN3)cc2)c(C)c1. The first kappa shape index (κ1) is 15.1. The minimum absolute atomic E-state index is 0.515. The third-order valence-electron chi connectivity index (χ3n) is 4.43. The Morgan fingerprint density at radius 1 is 1.05 bits per heavy atom. The number of hydrogen-bond donors (Lipinski definition) is 1. The molecule has 2 aromatic rings. The summed E-state index contributed by atoms with van der Waals surface area (Å²) in [5, 5.41) is 3.46. The fourth-order valence-corrected chi connectivity index (χ4v) is 3.45. The maximum Gasteiger partial charge on any atom is 0.119 e. The van der Waals surface area contributed by atoms with Gasteiger partial charge in [-0.05, 0) is 74.5 Å². The van der Waals surface area contributed by atoms with E-state index >= 15 is 0 Å². The van der Waals surface area contributed by atoms with E-state index in [9.17, 15) is 0 Å². The lowest BCUT2D eigenvalue weighted by molar-refractivity contribution is 0.277. The van der Waals surface area contributed by atoms with E-state index in [0.29, 0.717) is 6.04 Å². The monoisotopic (exact) mass is 295 g/mol. The van der Waals surface area contributed by atoms with E-state index in [1.807, 2.05) is 0 Å². The van der Waals surface area contributed by atoms with Gasteiger partial charge in [0.2, 0.25) is 0 Å². The summed E-state index contributed by atoms with van der Waals surface area (Å²) >= 11 is 0. The van der Waals surface area contributed by atoms with Gasteiger partial charge in [0, 0.05) is 6.04 Å². The maximum atomic E-state index is 5.90. The summed E-state index contributed by atoms with van der Waals surface area (Å²) in [4.78, 5) is 0. The minimum atomic E-state index is 0.515. The summed E-state index contributed by atoms with van der Waals surface area (Å²) in [7, 11) is 0. The fraction of sp³-hybridized carbons (Fsp3) is 0.400. The molecule has 1 aliphatic rings. The standard InChI is InChI=1S/C20H25NO/c1-14-11-15(2)20(16(3)12-14)17-6-8-19(9-7-17)22-13-18-5-4-10-21-18/h6-9,11-12,18,21H,4-5,10,13H2,1-3H3/t18-/m0/s1. The third kappa shape index (κ3) is 3.33. The Hall–Kier alpha value is -1.80. The molecule has 0 amide bonds. The third-order valence-corrected chi connectivity index (χ3v) is 4.43. The van der Waals surface area contributed by atoms with Crippen molar-refractivity contribution >= 4 is 0 Å². The molecule has 1 heterocycles. The molecule has 0 spiro atoms. The molecule has 2 nitrogen and oxygen atoms in total. The van der Waals surface area contributed by atoms with E-state index in [1.54, 1.807) is 0 Å². The van der Waals surface area contributed by atoms with Crippen LogP contribution in [0.3, 0.4) is 0 Å². The smallest absolute Gasteiger partial charge is 0.119 e. The Bertz CT molecular complexity index is 616. The number of rotatable bonds is 4. The normalized spacial score (nSPS) is 17.7. The lowest BCUT2D eigenvalue weighted by atomic mass is 9.94. The molecule has 0 aromatic heterocycles. The van der Waals surface area contributed by atoms with Crippen molar-refractivity contribution < 1.29 is 4.74 Å². The molecular formula is C20H25NO.